The topological polar surface area (TPSA) is 88.6 Å². The highest BCUT2D eigenvalue weighted by Crippen LogP contribution is 2.33. The Morgan fingerprint density at radius 2 is 2.05 bits per heavy atom. The normalized spacial score (nSPS) is 18.7. The summed E-state index contributed by atoms with van der Waals surface area (Å²) in [6.07, 6.45) is 11.7. The Labute approximate surface area is 232 Å². The van der Waals surface area contributed by atoms with Gasteiger partial charge in [0.05, 0.1) is 18.0 Å². The Morgan fingerprint density at radius 1 is 1.23 bits per heavy atom. The van der Waals surface area contributed by atoms with E-state index in [1.54, 1.807) is 11.2 Å². The van der Waals surface area contributed by atoms with E-state index in [1.807, 2.05) is 76.4 Å². The van der Waals surface area contributed by atoms with Gasteiger partial charge in [-0.15, -0.1) is 0 Å². The lowest BCUT2D eigenvalue weighted by Crippen LogP contribution is -2.30. The molecule has 4 rings (SSSR count). The van der Waals surface area contributed by atoms with Gasteiger partial charge in [0.15, 0.2) is 11.6 Å². The van der Waals surface area contributed by atoms with Crippen molar-refractivity contribution in [2.45, 2.75) is 54.4 Å². The van der Waals surface area contributed by atoms with Crippen molar-refractivity contribution in [2.75, 3.05) is 24.6 Å². The maximum absolute atomic E-state index is 6.54. The smallest absolute Gasteiger partial charge is 0.172 e. The molecule has 1 unspecified atom stereocenters. The lowest BCUT2D eigenvalue weighted by Gasteiger charge is -2.25. The van der Waals surface area contributed by atoms with Crippen LogP contribution in [-0.2, 0) is 0 Å². The Hall–Kier alpha value is -4.07. The van der Waals surface area contributed by atoms with Gasteiger partial charge in [-0.25, -0.2) is 15.0 Å². The number of allylic oxidation sites excluding steroid dienone is 3. The predicted molar refractivity (Wildman–Crippen MR) is 160 cm³/mol. The van der Waals surface area contributed by atoms with Gasteiger partial charge >= 0.3 is 0 Å². The summed E-state index contributed by atoms with van der Waals surface area (Å²) in [5.41, 5.74) is 10.8. The average Bonchev–Trinajstić information content (AvgIpc) is 3.07. The standard InChI is InChI=1S/C31H40N6O2/c1-7-10-14-36-19-21(4)20-38-28-17-23(6)29(35-31(28)36)30(32)34-24-11-12-27(22(5)16-24)39-26-13-15-37(33-9-3)25(8-2)18-26/h8-9,11-13,15-18,21H,7,10,14,19-20H2,1-6H3,(H2,32,34)/b25-8?,33-9-. The highest BCUT2D eigenvalue weighted by Gasteiger charge is 2.24. The van der Waals surface area contributed by atoms with Crippen LogP contribution in [0.3, 0.4) is 0 Å². The number of pyridine rings is 1. The summed E-state index contributed by atoms with van der Waals surface area (Å²) in [5, 5.41) is 6.13. The lowest BCUT2D eigenvalue weighted by molar-refractivity contribution is 0.273. The third-order valence-corrected chi connectivity index (χ3v) is 6.64. The number of hydrazone groups is 1. The van der Waals surface area contributed by atoms with Gasteiger partial charge in [-0.1, -0.05) is 26.3 Å². The molecular weight excluding hydrogens is 488 g/mol. The van der Waals surface area contributed by atoms with Crippen molar-refractivity contribution in [1.29, 1.82) is 0 Å². The van der Waals surface area contributed by atoms with Crippen molar-refractivity contribution in [1.82, 2.24) is 9.99 Å². The van der Waals surface area contributed by atoms with Crippen LogP contribution in [0.25, 0.3) is 0 Å². The number of rotatable bonds is 8. The number of nitrogens with zero attached hydrogens (tertiary/aromatic N) is 5. The van der Waals surface area contributed by atoms with Crippen LogP contribution in [0.1, 0.15) is 57.4 Å². The number of amidine groups is 1. The average molecular weight is 529 g/mol. The first-order chi connectivity index (χ1) is 18.8. The first-order valence-electron chi connectivity index (χ1n) is 13.7. The monoisotopic (exact) mass is 528 g/mol. The van der Waals surface area contributed by atoms with Crippen molar-refractivity contribution < 1.29 is 9.47 Å². The SMILES string of the molecule is CC=C1C=C(Oc2ccc(N=C(N)c3nc4c(cc3C)OCC(C)CN4CCCC)cc2C)C=CN1/N=C\C. The van der Waals surface area contributed by atoms with Crippen LogP contribution < -0.4 is 20.1 Å². The van der Waals surface area contributed by atoms with E-state index in [4.69, 9.17) is 25.2 Å². The Bertz CT molecular complexity index is 1340. The van der Waals surface area contributed by atoms with Crippen LogP contribution in [0.15, 0.2) is 70.2 Å². The summed E-state index contributed by atoms with van der Waals surface area (Å²) < 4.78 is 12.3. The molecule has 2 N–H and O–H groups in total. The van der Waals surface area contributed by atoms with Crippen LogP contribution in [0.2, 0.25) is 0 Å². The van der Waals surface area contributed by atoms with Crippen molar-refractivity contribution in [3.8, 4) is 11.5 Å². The van der Waals surface area contributed by atoms with Gasteiger partial charge in [-0.2, -0.15) is 5.10 Å². The highest BCUT2D eigenvalue weighted by atomic mass is 16.5. The number of benzene rings is 1. The number of ether oxygens (including phenoxy) is 2. The predicted octanol–water partition coefficient (Wildman–Crippen LogP) is 6.37. The molecule has 0 spiro atoms. The second-order valence-electron chi connectivity index (χ2n) is 10.0. The van der Waals surface area contributed by atoms with E-state index >= 15 is 0 Å². The molecule has 1 atom stereocenters. The van der Waals surface area contributed by atoms with Gasteiger partial charge in [0.2, 0.25) is 0 Å². The van der Waals surface area contributed by atoms with Crippen LogP contribution in [0, 0.1) is 19.8 Å². The minimum Gasteiger partial charge on any atom is -0.489 e. The number of nitrogens with two attached hydrogens (primary N) is 1. The molecule has 0 saturated heterocycles. The second kappa shape index (κ2) is 12.7. The fraction of sp³-hybridized carbons (Fsp3) is 0.387. The van der Waals surface area contributed by atoms with E-state index in [9.17, 15) is 0 Å². The summed E-state index contributed by atoms with van der Waals surface area (Å²) in [5.74, 6) is 3.95. The summed E-state index contributed by atoms with van der Waals surface area (Å²) in [6, 6.07) is 7.83. The van der Waals surface area contributed by atoms with Crippen molar-refractivity contribution >= 4 is 23.6 Å². The molecule has 0 saturated carbocycles. The Morgan fingerprint density at radius 3 is 2.77 bits per heavy atom. The number of unbranched alkanes of at least 4 members (excludes halogenated alkanes) is 1. The van der Waals surface area contributed by atoms with Crippen molar-refractivity contribution in [2.24, 2.45) is 21.7 Å². The summed E-state index contributed by atoms with van der Waals surface area (Å²) in [6.45, 7) is 14.8. The van der Waals surface area contributed by atoms with Gasteiger partial charge in [-0.3, -0.25) is 0 Å². The minimum atomic E-state index is 0.378. The van der Waals surface area contributed by atoms with E-state index in [0.717, 1.165) is 71.5 Å². The molecule has 39 heavy (non-hydrogen) atoms. The first kappa shape index (κ1) is 28.0. The molecule has 0 aliphatic carbocycles. The molecular formula is C31H40N6O2. The maximum atomic E-state index is 6.54. The molecule has 206 valence electrons. The molecule has 0 radical (unpaired) electrons. The second-order valence-corrected chi connectivity index (χ2v) is 10.0. The summed E-state index contributed by atoms with van der Waals surface area (Å²) in [7, 11) is 0. The van der Waals surface area contributed by atoms with Gasteiger partial charge in [0.1, 0.15) is 23.0 Å². The number of hydrogen-bond donors (Lipinski definition) is 1. The number of aromatic nitrogens is 1. The van der Waals surface area contributed by atoms with Gasteiger partial charge in [0, 0.05) is 37.5 Å². The molecule has 1 aromatic heterocycles. The zero-order valence-electron chi connectivity index (χ0n) is 23.9. The van der Waals surface area contributed by atoms with Crippen LogP contribution in [-0.4, -0.2) is 41.7 Å². The van der Waals surface area contributed by atoms with E-state index in [1.165, 1.54) is 0 Å². The van der Waals surface area contributed by atoms with E-state index in [2.05, 4.69) is 23.8 Å². The Balaban J connectivity index is 1.57. The van der Waals surface area contributed by atoms with Crippen molar-refractivity contribution in [3.05, 3.63) is 77.0 Å². The van der Waals surface area contributed by atoms with Crippen LogP contribution in [0.4, 0.5) is 11.5 Å². The molecule has 1 aromatic carbocycles. The maximum Gasteiger partial charge on any atom is 0.172 e. The van der Waals surface area contributed by atoms with Crippen LogP contribution in [0.5, 0.6) is 11.5 Å². The number of hydrogen-bond acceptors (Lipinski definition) is 7. The molecule has 3 heterocycles. The quantitative estimate of drug-likeness (QED) is 0.316. The van der Waals surface area contributed by atoms with Gasteiger partial charge in [-0.05, 0) is 75.6 Å². The Kier molecular flexibility index (Phi) is 9.07. The zero-order valence-corrected chi connectivity index (χ0v) is 23.9. The molecule has 0 fully saturated rings. The van der Waals surface area contributed by atoms with E-state index in [0.29, 0.717) is 24.1 Å². The molecule has 8 heteroatoms. The number of fused-ring (bicyclic) bond motifs is 1. The first-order valence-corrected chi connectivity index (χ1v) is 13.7. The van der Waals surface area contributed by atoms with Crippen molar-refractivity contribution in [3.63, 3.8) is 0 Å². The fourth-order valence-electron chi connectivity index (χ4n) is 4.60. The minimum absolute atomic E-state index is 0.378. The molecule has 0 amide bonds. The molecule has 2 aromatic rings. The fourth-order valence-corrected chi connectivity index (χ4v) is 4.60. The van der Waals surface area contributed by atoms with Gasteiger partial charge in [0.25, 0.3) is 0 Å². The molecule has 8 nitrogen and oxygen atoms in total. The number of aliphatic imine (C=N–C) groups is 1. The number of aryl methyl sites for hydroxylation is 2. The third-order valence-electron chi connectivity index (χ3n) is 6.64. The summed E-state index contributed by atoms with van der Waals surface area (Å²) >= 11 is 0. The van der Waals surface area contributed by atoms with E-state index < -0.39 is 0 Å². The number of anilines is 1. The molecule has 2 aliphatic heterocycles. The van der Waals surface area contributed by atoms with E-state index in [-0.39, 0.29) is 0 Å². The molecule has 2 aliphatic rings. The molecule has 0 bridgehead atoms. The lowest BCUT2D eigenvalue weighted by atomic mass is 10.1. The highest BCUT2D eigenvalue weighted by molar-refractivity contribution is 5.99. The largest absolute Gasteiger partial charge is 0.489 e. The zero-order chi connectivity index (χ0) is 27.9. The summed E-state index contributed by atoms with van der Waals surface area (Å²) in [4.78, 5) is 12.0. The third kappa shape index (κ3) is 6.69. The van der Waals surface area contributed by atoms with Gasteiger partial charge < -0.3 is 20.1 Å². The van der Waals surface area contributed by atoms with Crippen LogP contribution >= 0.6 is 0 Å².